The van der Waals surface area contributed by atoms with Gasteiger partial charge in [-0.15, -0.1) is 0 Å². The van der Waals surface area contributed by atoms with E-state index in [-0.39, 0.29) is 29.3 Å². The van der Waals surface area contributed by atoms with Gasteiger partial charge in [-0.3, -0.25) is 8.32 Å². The summed E-state index contributed by atoms with van der Waals surface area (Å²) in [6, 6.07) is 10.8. The fraction of sp³-hybridized carbons (Fsp3) is 0.355. The van der Waals surface area contributed by atoms with Crippen molar-refractivity contribution < 1.29 is 32.2 Å². The zero-order chi connectivity index (χ0) is 31.3. The number of halogens is 4. The first-order valence-corrected chi connectivity index (χ1v) is 16.9. The highest BCUT2D eigenvalue weighted by molar-refractivity contribution is 14.2. The van der Waals surface area contributed by atoms with Crippen molar-refractivity contribution in [3.05, 3.63) is 65.4 Å². The summed E-state index contributed by atoms with van der Waals surface area (Å²) in [5.41, 5.74) is 1.27. The molecule has 1 saturated heterocycles. The van der Waals surface area contributed by atoms with Crippen LogP contribution < -0.4 is 28.5 Å². The summed E-state index contributed by atoms with van der Waals surface area (Å²) in [4.78, 5) is 32.7. The number of likely N-dealkylation sites (N-methyl/N-ethyl adjacent to an activating group) is 1. The molecule has 4 aliphatic rings. The number of hydrogen-bond acceptors (Lipinski definition) is 7. The molecule has 7 rings (SSSR count). The molecule has 3 amide bonds. The number of nitrogens with zero attached hydrogens (tertiary/aromatic N) is 3. The van der Waals surface area contributed by atoms with Crippen LogP contribution in [0.4, 0.5) is 35.2 Å². The van der Waals surface area contributed by atoms with E-state index in [0.29, 0.717) is 56.3 Å². The second-order valence-electron chi connectivity index (χ2n) is 11.2. The average molecular weight is 735 g/mol. The molecule has 0 spiro atoms. The lowest BCUT2D eigenvalue weighted by Gasteiger charge is -2.36. The van der Waals surface area contributed by atoms with Crippen LogP contribution in [-0.4, -0.2) is 64.2 Å². The summed E-state index contributed by atoms with van der Waals surface area (Å²) in [6.07, 6.45) is -2.19. The number of rotatable bonds is 6. The van der Waals surface area contributed by atoms with Gasteiger partial charge >= 0.3 is 12.2 Å². The smallest absolute Gasteiger partial charge is 0.418 e. The Morgan fingerprint density at radius 2 is 1.96 bits per heavy atom. The predicted octanol–water partition coefficient (Wildman–Crippen LogP) is 5.66. The summed E-state index contributed by atoms with van der Waals surface area (Å²) >= 11 is -0.944. The van der Waals surface area contributed by atoms with Crippen LogP contribution in [0.25, 0.3) is 0 Å². The Morgan fingerprint density at radius 1 is 1.13 bits per heavy atom. The molecule has 1 saturated carbocycles. The molecule has 0 unspecified atom stereocenters. The number of benzene rings is 2. The highest BCUT2D eigenvalue weighted by atomic mass is 127. The number of carbonyl (C=O) groups excluding carboxylic acids is 2. The number of alkyl halides is 3. The van der Waals surface area contributed by atoms with Gasteiger partial charge in [0.05, 0.1) is 11.5 Å². The van der Waals surface area contributed by atoms with E-state index < -0.39 is 38.8 Å². The first-order chi connectivity index (χ1) is 21.7. The van der Waals surface area contributed by atoms with Gasteiger partial charge in [-0.25, -0.2) is 9.78 Å². The number of fused-ring (bicyclic) bond motifs is 4. The van der Waals surface area contributed by atoms with Gasteiger partial charge in [0.15, 0.2) is 0 Å². The van der Waals surface area contributed by atoms with Crippen molar-refractivity contribution in [3.63, 3.8) is 0 Å². The number of pyridine rings is 1. The van der Waals surface area contributed by atoms with Gasteiger partial charge in [0.1, 0.15) is 29.2 Å². The Hall–Kier alpha value is -3.92. The summed E-state index contributed by atoms with van der Waals surface area (Å²) in [5, 5.41) is 5.35. The molecule has 3 N–H and O–H groups in total. The molecule has 10 nitrogen and oxygen atoms in total. The van der Waals surface area contributed by atoms with Gasteiger partial charge in [-0.05, 0) is 55.4 Å². The Kier molecular flexibility index (Phi) is 7.79. The third-order valence-electron chi connectivity index (χ3n) is 8.40. The Balaban J connectivity index is 1.00. The SMILES string of the molecule is CCN1CCN(c2ccc(NC(=O)NI=C3[C@H]4Oc5ccc(Oc6ccnc7c6CCC(=O)N7)cc5[C@@H]34)cc2C(F)(F)F)CC1. The molecule has 2 fully saturated rings. The lowest BCUT2D eigenvalue weighted by molar-refractivity contribution is -0.137. The molecule has 45 heavy (non-hydrogen) atoms. The summed E-state index contributed by atoms with van der Waals surface area (Å²) < 4.78 is 58.2. The topological polar surface area (TPSA) is 108 Å². The largest absolute Gasteiger partial charge is 0.484 e. The van der Waals surface area contributed by atoms with Crippen LogP contribution in [0.3, 0.4) is 0 Å². The Labute approximate surface area is 267 Å². The number of carbonyl (C=O) groups is 2. The van der Waals surface area contributed by atoms with Gasteiger partial charge in [0.25, 0.3) is 0 Å². The molecule has 0 radical (unpaired) electrons. The maximum absolute atomic E-state index is 14.0. The summed E-state index contributed by atoms with van der Waals surface area (Å²) in [5.74, 6) is 2.48. The second-order valence-corrected chi connectivity index (χ2v) is 13.5. The lowest BCUT2D eigenvalue weighted by Crippen LogP contribution is -2.46. The van der Waals surface area contributed by atoms with Crippen molar-refractivity contribution >= 4 is 53.6 Å². The van der Waals surface area contributed by atoms with E-state index >= 15 is 0 Å². The predicted molar refractivity (Wildman–Crippen MR) is 172 cm³/mol. The minimum Gasteiger partial charge on any atom is -0.484 e. The minimum absolute atomic E-state index is 0.0339. The normalized spacial score (nSPS) is 21.5. The standard InChI is InChI=1S/C31H30F3IN6O4/c1-2-40-11-13-41(14-12-40)22-6-3-17(15-21(22)31(32,33)34)37-30(43)39-35-27-26-20-16-18(4-7-23(20)45-28(26)27)44-24-9-10-36-29-19(24)5-8-25(42)38-29/h3-4,6-7,9-10,15-16,26,28H,2,5,8,11-14H2,1H3,(H,36,38,42)(H2,37,39,43)/t26-,28-/m0/s1. The third kappa shape index (κ3) is 6.04. The van der Waals surface area contributed by atoms with Crippen LogP contribution in [-0.2, 0) is 17.4 Å². The number of urea groups is 1. The van der Waals surface area contributed by atoms with Crippen molar-refractivity contribution in [2.24, 2.45) is 0 Å². The molecule has 3 aliphatic heterocycles. The zero-order valence-corrected chi connectivity index (χ0v) is 26.4. The van der Waals surface area contributed by atoms with Crippen LogP contribution >= 0.6 is 21.0 Å². The maximum Gasteiger partial charge on any atom is 0.418 e. The highest BCUT2D eigenvalue weighted by Crippen LogP contribution is 2.54. The third-order valence-corrected chi connectivity index (χ3v) is 11.1. The van der Waals surface area contributed by atoms with E-state index in [1.165, 1.54) is 12.1 Å². The Bertz CT molecular complexity index is 1710. The maximum atomic E-state index is 14.0. The van der Waals surface area contributed by atoms with E-state index in [9.17, 15) is 22.8 Å². The van der Waals surface area contributed by atoms with Gasteiger partial charge in [-0.1, -0.05) is 6.92 Å². The molecule has 2 atom stereocenters. The first kappa shape index (κ1) is 29.8. The molecule has 0 bridgehead atoms. The van der Waals surface area contributed by atoms with Crippen molar-refractivity contribution in [1.29, 1.82) is 0 Å². The number of ether oxygens (including phenoxy) is 2. The summed E-state index contributed by atoms with van der Waals surface area (Å²) in [7, 11) is 0. The zero-order valence-electron chi connectivity index (χ0n) is 24.2. The fourth-order valence-corrected chi connectivity index (χ4v) is 8.29. The molecule has 1 aromatic heterocycles. The van der Waals surface area contributed by atoms with Gasteiger partial charge in [-0.2, -0.15) is 13.2 Å². The molecule has 3 aromatic rings. The molecular weight excluding hydrogens is 704 g/mol. The number of aromatic nitrogens is 1. The monoisotopic (exact) mass is 734 g/mol. The molecule has 4 heterocycles. The molecule has 236 valence electrons. The molecule has 1 aliphatic carbocycles. The average Bonchev–Trinajstić information content (AvgIpc) is 3.58. The number of hydrogen-bond donors (Lipinski definition) is 3. The van der Waals surface area contributed by atoms with E-state index in [2.05, 4.69) is 24.0 Å². The Morgan fingerprint density at radius 3 is 2.73 bits per heavy atom. The van der Waals surface area contributed by atoms with Crippen LogP contribution in [0.1, 0.15) is 36.0 Å². The van der Waals surface area contributed by atoms with Crippen LogP contribution in [0.2, 0.25) is 0 Å². The van der Waals surface area contributed by atoms with E-state index in [4.69, 9.17) is 9.47 Å². The summed E-state index contributed by atoms with van der Waals surface area (Å²) in [6.45, 7) is 5.34. The second kappa shape index (κ2) is 11.8. The van der Waals surface area contributed by atoms with Crippen molar-refractivity contribution in [1.82, 2.24) is 13.4 Å². The molecule has 14 heteroatoms. The van der Waals surface area contributed by atoms with Crippen molar-refractivity contribution in [2.45, 2.75) is 38.0 Å². The number of piperazine rings is 1. The lowest BCUT2D eigenvalue weighted by atomic mass is 10.1. The van der Waals surface area contributed by atoms with Crippen LogP contribution in [0.5, 0.6) is 17.2 Å². The number of anilines is 3. The van der Waals surface area contributed by atoms with Crippen LogP contribution in [0, 0.1) is 0 Å². The van der Waals surface area contributed by atoms with E-state index in [0.717, 1.165) is 33.0 Å². The fourth-order valence-electron chi connectivity index (χ4n) is 5.99. The van der Waals surface area contributed by atoms with Crippen molar-refractivity contribution in [2.75, 3.05) is 48.3 Å². The molecular formula is C31H30F3IN6O4. The van der Waals surface area contributed by atoms with Crippen molar-refractivity contribution in [3.8, 4) is 17.2 Å². The van der Waals surface area contributed by atoms with Gasteiger partial charge < -0.3 is 29.9 Å². The highest BCUT2D eigenvalue weighted by Gasteiger charge is 2.55. The number of nitrogens with one attached hydrogen (secondary N) is 3. The van der Waals surface area contributed by atoms with E-state index in [1.807, 2.05) is 25.1 Å². The van der Waals surface area contributed by atoms with Gasteiger partial charge in [0.2, 0.25) is 5.91 Å². The molecule has 2 aromatic carbocycles. The minimum atomic E-state index is -4.56. The van der Waals surface area contributed by atoms with Gasteiger partial charge in [0, 0.05) is 85.8 Å². The quantitative estimate of drug-likeness (QED) is 0.222. The van der Waals surface area contributed by atoms with Crippen LogP contribution in [0.15, 0.2) is 48.7 Å². The first-order valence-electron chi connectivity index (χ1n) is 14.7. The van der Waals surface area contributed by atoms with E-state index in [1.54, 1.807) is 17.2 Å². The number of amides is 3.